The van der Waals surface area contributed by atoms with E-state index in [1.165, 1.54) is 0 Å². The van der Waals surface area contributed by atoms with Crippen LogP contribution in [0.3, 0.4) is 0 Å². The first kappa shape index (κ1) is 19.5. The highest BCUT2D eigenvalue weighted by Gasteiger charge is 2.40. The van der Waals surface area contributed by atoms with Crippen LogP contribution in [-0.2, 0) is 21.9 Å². The van der Waals surface area contributed by atoms with E-state index < -0.39 is 5.79 Å². The molecule has 0 N–H and O–H groups in total. The van der Waals surface area contributed by atoms with Crippen molar-refractivity contribution in [2.45, 2.75) is 18.8 Å². The molecule has 4 rings (SSSR count). The monoisotopic (exact) mass is 407 g/mol. The van der Waals surface area contributed by atoms with E-state index in [2.05, 4.69) is 0 Å². The van der Waals surface area contributed by atoms with Gasteiger partial charge >= 0.3 is 0 Å². The summed E-state index contributed by atoms with van der Waals surface area (Å²) in [5, 5.41) is 0.636. The minimum atomic E-state index is -1.05. The van der Waals surface area contributed by atoms with Crippen LogP contribution in [0.25, 0.3) is 0 Å². The Balaban J connectivity index is 1.61. The fourth-order valence-electron chi connectivity index (χ4n) is 3.47. The molecule has 3 aromatic rings. The molecule has 5 heteroatoms. The maximum atomic E-state index is 12.8. The Hall–Kier alpha value is -2.82. The van der Waals surface area contributed by atoms with Crippen LogP contribution in [0.4, 0.5) is 0 Å². The van der Waals surface area contributed by atoms with Crippen LogP contribution in [0.1, 0.15) is 17.5 Å². The molecular weight excluding hydrogens is 386 g/mol. The molecular formula is C24H22ClNO3. The topological polar surface area (TPSA) is 38.8 Å². The van der Waals surface area contributed by atoms with Crippen molar-refractivity contribution in [3.63, 3.8) is 0 Å². The average molecular weight is 408 g/mol. The van der Waals surface area contributed by atoms with Gasteiger partial charge in [0.2, 0.25) is 11.7 Å². The molecule has 0 bridgehead atoms. The third-order valence-electron chi connectivity index (χ3n) is 5.02. The highest BCUT2D eigenvalue weighted by molar-refractivity contribution is 6.30. The molecule has 1 aliphatic rings. The highest BCUT2D eigenvalue weighted by atomic mass is 35.5. The molecule has 1 heterocycles. The maximum Gasteiger partial charge on any atom is 0.249 e. The zero-order valence-electron chi connectivity index (χ0n) is 16.0. The van der Waals surface area contributed by atoms with E-state index in [4.69, 9.17) is 21.1 Å². The van der Waals surface area contributed by atoms with Crippen molar-refractivity contribution in [3.05, 3.63) is 101 Å². The molecule has 29 heavy (non-hydrogen) atoms. The Bertz CT molecular complexity index is 947. The van der Waals surface area contributed by atoms with Gasteiger partial charge < -0.3 is 14.4 Å². The quantitative estimate of drug-likeness (QED) is 0.596. The predicted molar refractivity (Wildman–Crippen MR) is 113 cm³/mol. The minimum Gasteiger partial charge on any atom is -0.458 e. The first-order valence-electron chi connectivity index (χ1n) is 9.60. The molecule has 1 saturated heterocycles. The van der Waals surface area contributed by atoms with Crippen LogP contribution in [0.5, 0.6) is 5.75 Å². The van der Waals surface area contributed by atoms with Gasteiger partial charge in [0.25, 0.3) is 0 Å². The second kappa shape index (κ2) is 8.68. The summed E-state index contributed by atoms with van der Waals surface area (Å²) >= 11 is 6.01. The van der Waals surface area contributed by atoms with Gasteiger partial charge in [0.05, 0.1) is 0 Å². The normalized spacial score (nSPS) is 19.6. The molecule has 0 spiro atoms. The minimum absolute atomic E-state index is 0.0463. The predicted octanol–water partition coefficient (Wildman–Crippen LogP) is 5.02. The van der Waals surface area contributed by atoms with Gasteiger partial charge in [0, 0.05) is 30.1 Å². The second-order valence-electron chi connectivity index (χ2n) is 7.01. The van der Waals surface area contributed by atoms with Gasteiger partial charge in [0.1, 0.15) is 12.4 Å². The lowest BCUT2D eigenvalue weighted by molar-refractivity contribution is -0.191. The van der Waals surface area contributed by atoms with Crippen LogP contribution in [0, 0.1) is 0 Å². The number of hydrogen-bond acceptors (Lipinski definition) is 3. The number of benzene rings is 3. The number of carbonyl (C=O) groups is 1. The highest BCUT2D eigenvalue weighted by Crippen LogP contribution is 2.35. The van der Waals surface area contributed by atoms with Gasteiger partial charge in [-0.1, -0.05) is 72.3 Å². The molecule has 1 atom stereocenters. The molecule has 1 fully saturated rings. The Labute approximate surface area is 175 Å². The lowest BCUT2D eigenvalue weighted by Crippen LogP contribution is -2.37. The third kappa shape index (κ3) is 4.61. The molecule has 1 unspecified atom stereocenters. The van der Waals surface area contributed by atoms with Gasteiger partial charge in [-0.15, -0.1) is 0 Å². The fourth-order valence-corrected chi connectivity index (χ4v) is 3.60. The van der Waals surface area contributed by atoms with Crippen molar-refractivity contribution in [1.82, 2.24) is 4.90 Å². The molecule has 0 saturated carbocycles. The van der Waals surface area contributed by atoms with Crippen LogP contribution < -0.4 is 4.74 Å². The van der Waals surface area contributed by atoms with Crippen molar-refractivity contribution in [2.24, 2.45) is 0 Å². The molecule has 0 aliphatic carbocycles. The second-order valence-corrected chi connectivity index (χ2v) is 7.45. The number of ether oxygens (including phenoxy) is 2. The van der Waals surface area contributed by atoms with Crippen LogP contribution in [-0.4, -0.2) is 24.0 Å². The van der Waals surface area contributed by atoms with Gasteiger partial charge in [-0.2, -0.15) is 0 Å². The third-order valence-corrected chi connectivity index (χ3v) is 5.27. The van der Waals surface area contributed by atoms with Crippen molar-refractivity contribution in [2.75, 3.05) is 13.2 Å². The van der Waals surface area contributed by atoms with Gasteiger partial charge in [-0.05, 0) is 29.8 Å². The molecule has 0 radical (unpaired) electrons. The summed E-state index contributed by atoms with van der Waals surface area (Å²) < 4.78 is 12.5. The Morgan fingerprint density at radius 2 is 1.59 bits per heavy atom. The summed E-state index contributed by atoms with van der Waals surface area (Å²) in [6.45, 7) is 1.03. The number of amides is 1. The van der Waals surface area contributed by atoms with Gasteiger partial charge in [-0.3, -0.25) is 4.79 Å². The average Bonchev–Trinajstić information content (AvgIpc) is 2.92. The van der Waals surface area contributed by atoms with E-state index in [0.29, 0.717) is 30.3 Å². The summed E-state index contributed by atoms with van der Waals surface area (Å²) in [7, 11) is 0. The van der Waals surface area contributed by atoms with Crippen molar-refractivity contribution in [3.8, 4) is 5.75 Å². The Morgan fingerprint density at radius 1 is 0.931 bits per heavy atom. The summed E-state index contributed by atoms with van der Waals surface area (Å²) in [6.07, 6.45) is 0.512. The number of halogens is 1. The zero-order chi connectivity index (χ0) is 20.1. The van der Waals surface area contributed by atoms with E-state index in [-0.39, 0.29) is 12.5 Å². The maximum absolute atomic E-state index is 12.8. The Morgan fingerprint density at radius 3 is 2.28 bits per heavy atom. The van der Waals surface area contributed by atoms with Crippen LogP contribution >= 0.6 is 11.6 Å². The number of hydrogen-bond donors (Lipinski definition) is 0. The lowest BCUT2D eigenvalue weighted by atomic mass is 10.0. The number of rotatable bonds is 5. The largest absolute Gasteiger partial charge is 0.458 e. The lowest BCUT2D eigenvalue weighted by Gasteiger charge is -2.33. The Kier molecular flexibility index (Phi) is 5.84. The summed E-state index contributed by atoms with van der Waals surface area (Å²) in [5.74, 6) is -0.454. The standard InChI is InChI=1S/C24H22ClNO3/c25-21-11-13-22(14-12-21)29-24(20-9-5-2-6-10-20)15-16-26(23(27)18-28-24)17-19-7-3-1-4-8-19/h1-14H,15-18H2. The SMILES string of the molecule is O=C1COC(Oc2ccc(Cl)cc2)(c2ccccc2)CCN1Cc1ccccc1. The first-order valence-corrected chi connectivity index (χ1v) is 9.98. The van der Waals surface area contributed by atoms with Gasteiger partial charge in [0.15, 0.2) is 0 Å². The van der Waals surface area contributed by atoms with Crippen LogP contribution in [0.2, 0.25) is 5.02 Å². The van der Waals surface area contributed by atoms with E-state index in [1.54, 1.807) is 12.1 Å². The van der Waals surface area contributed by atoms with Gasteiger partial charge in [-0.25, -0.2) is 0 Å². The number of carbonyl (C=O) groups excluding carboxylic acids is 1. The summed E-state index contributed by atoms with van der Waals surface area (Å²) in [5.41, 5.74) is 1.97. The van der Waals surface area contributed by atoms with Crippen molar-refractivity contribution in [1.29, 1.82) is 0 Å². The number of nitrogens with zero attached hydrogens (tertiary/aromatic N) is 1. The smallest absolute Gasteiger partial charge is 0.249 e. The van der Waals surface area contributed by atoms with E-state index in [9.17, 15) is 4.79 Å². The molecule has 1 amide bonds. The molecule has 1 aliphatic heterocycles. The summed E-state index contributed by atoms with van der Waals surface area (Å²) in [6, 6.07) is 26.9. The molecule has 0 aromatic heterocycles. The van der Waals surface area contributed by atoms with Crippen molar-refractivity contribution >= 4 is 17.5 Å². The first-order chi connectivity index (χ1) is 14.1. The van der Waals surface area contributed by atoms with Crippen molar-refractivity contribution < 1.29 is 14.3 Å². The fraction of sp³-hybridized carbons (Fsp3) is 0.208. The molecule has 3 aromatic carbocycles. The summed E-state index contributed by atoms with van der Waals surface area (Å²) in [4.78, 5) is 14.6. The molecule has 4 nitrogen and oxygen atoms in total. The van der Waals surface area contributed by atoms with Crippen LogP contribution in [0.15, 0.2) is 84.9 Å². The van der Waals surface area contributed by atoms with E-state index in [0.717, 1.165) is 11.1 Å². The molecule has 148 valence electrons. The zero-order valence-corrected chi connectivity index (χ0v) is 16.7. The van der Waals surface area contributed by atoms with E-state index >= 15 is 0 Å². The van der Waals surface area contributed by atoms with E-state index in [1.807, 2.05) is 77.7 Å².